The monoisotopic (exact) mass is 401 g/mol. The van der Waals surface area contributed by atoms with Gasteiger partial charge in [0.25, 0.3) is 0 Å². The van der Waals surface area contributed by atoms with E-state index in [1.807, 2.05) is 36.4 Å². The molecule has 0 radical (unpaired) electrons. The highest BCUT2D eigenvalue weighted by Crippen LogP contribution is 2.27. The molecule has 4 aromatic rings. The summed E-state index contributed by atoms with van der Waals surface area (Å²) in [4.78, 5) is 19.8. The molecule has 9 heteroatoms. The van der Waals surface area contributed by atoms with Crippen LogP contribution in [-0.2, 0) is 4.79 Å². The van der Waals surface area contributed by atoms with E-state index in [1.54, 1.807) is 12.1 Å². The Morgan fingerprint density at radius 3 is 2.77 bits per heavy atom. The van der Waals surface area contributed by atoms with Gasteiger partial charge in [0, 0.05) is 10.6 Å². The molecule has 2 aromatic heterocycles. The van der Waals surface area contributed by atoms with Crippen molar-refractivity contribution in [1.82, 2.24) is 20.2 Å². The van der Waals surface area contributed by atoms with Gasteiger partial charge in [0.2, 0.25) is 11.0 Å². The molecule has 0 saturated heterocycles. The van der Waals surface area contributed by atoms with Crippen molar-refractivity contribution < 1.29 is 4.79 Å². The summed E-state index contributed by atoms with van der Waals surface area (Å²) in [5.41, 5.74) is 2.74. The Balaban J connectivity index is 1.36. The topological polar surface area (TPSA) is 83.6 Å². The minimum atomic E-state index is -0.158. The van der Waals surface area contributed by atoms with Crippen LogP contribution in [-0.4, -0.2) is 31.8 Å². The fourth-order valence-corrected chi connectivity index (χ4v) is 3.85. The van der Waals surface area contributed by atoms with Crippen LogP contribution in [0, 0.1) is 0 Å². The maximum Gasteiger partial charge on any atom is 0.236 e. The van der Waals surface area contributed by atoms with Crippen molar-refractivity contribution in [2.75, 3.05) is 11.1 Å². The Hall–Kier alpha value is -2.42. The fourth-order valence-electron chi connectivity index (χ4n) is 2.27. The van der Waals surface area contributed by atoms with Crippen molar-refractivity contribution in [1.29, 1.82) is 0 Å². The van der Waals surface area contributed by atoms with Crippen LogP contribution in [0.4, 0.5) is 5.13 Å². The number of amides is 1. The van der Waals surface area contributed by atoms with Crippen molar-refractivity contribution in [3.63, 3.8) is 0 Å². The molecule has 0 fully saturated rings. The van der Waals surface area contributed by atoms with E-state index in [0.29, 0.717) is 15.3 Å². The van der Waals surface area contributed by atoms with Gasteiger partial charge in [-0.25, -0.2) is 4.98 Å². The van der Waals surface area contributed by atoms with Crippen LogP contribution in [0.2, 0.25) is 5.02 Å². The normalized spacial score (nSPS) is 11.0. The average molecular weight is 402 g/mol. The Kier molecular flexibility index (Phi) is 4.87. The minimum absolute atomic E-state index is 0.158. The number of benzene rings is 2. The molecule has 2 N–H and O–H groups in total. The molecule has 0 saturated carbocycles. The third-order valence-electron chi connectivity index (χ3n) is 3.47. The summed E-state index contributed by atoms with van der Waals surface area (Å²) >= 11 is 8.54. The van der Waals surface area contributed by atoms with E-state index in [9.17, 15) is 4.79 Å². The summed E-state index contributed by atoms with van der Waals surface area (Å²) in [5.74, 6) is 0.0737. The molecule has 0 aliphatic heterocycles. The first kappa shape index (κ1) is 17.0. The van der Waals surface area contributed by atoms with Crippen molar-refractivity contribution in [2.45, 2.75) is 5.16 Å². The Morgan fingerprint density at radius 2 is 1.96 bits per heavy atom. The first-order valence-corrected chi connectivity index (χ1v) is 9.82. The molecule has 4 rings (SSSR count). The van der Waals surface area contributed by atoms with Crippen molar-refractivity contribution >= 4 is 56.8 Å². The number of thioether (sulfide) groups is 1. The molecule has 0 spiro atoms. The van der Waals surface area contributed by atoms with Crippen LogP contribution in [0.5, 0.6) is 0 Å². The zero-order chi connectivity index (χ0) is 17.9. The smallest absolute Gasteiger partial charge is 0.236 e. The highest BCUT2D eigenvalue weighted by molar-refractivity contribution is 7.99. The molecule has 0 bridgehead atoms. The number of nitrogens with zero attached hydrogens (tertiary/aromatic N) is 3. The van der Waals surface area contributed by atoms with Crippen LogP contribution in [0.1, 0.15) is 0 Å². The first-order valence-electron chi connectivity index (χ1n) is 7.64. The summed E-state index contributed by atoms with van der Waals surface area (Å²) in [5, 5.41) is 13.4. The summed E-state index contributed by atoms with van der Waals surface area (Å²) in [7, 11) is 0. The maximum absolute atomic E-state index is 12.1. The van der Waals surface area contributed by atoms with E-state index in [4.69, 9.17) is 11.6 Å². The van der Waals surface area contributed by atoms with Crippen molar-refractivity contribution in [2.24, 2.45) is 0 Å². The average Bonchev–Trinajstić information content (AvgIpc) is 3.27. The van der Waals surface area contributed by atoms with Crippen LogP contribution >= 0.6 is 34.7 Å². The lowest BCUT2D eigenvalue weighted by Gasteiger charge is -1.99. The van der Waals surface area contributed by atoms with Gasteiger partial charge in [0.1, 0.15) is 5.01 Å². The van der Waals surface area contributed by atoms with Gasteiger partial charge in [-0.05, 0) is 24.3 Å². The number of hydrogen-bond donors (Lipinski definition) is 2. The summed E-state index contributed by atoms with van der Waals surface area (Å²) in [6, 6.07) is 15.1. The zero-order valence-corrected chi connectivity index (χ0v) is 15.7. The number of carbonyl (C=O) groups excluding carboxylic acids is 1. The molecule has 1 amide bonds. The number of fused-ring (bicyclic) bond motifs is 1. The highest BCUT2D eigenvalue weighted by Gasteiger charge is 2.11. The van der Waals surface area contributed by atoms with E-state index in [0.717, 1.165) is 21.6 Å². The largest absolute Gasteiger partial charge is 0.333 e. The lowest BCUT2D eigenvalue weighted by Crippen LogP contribution is -2.13. The lowest BCUT2D eigenvalue weighted by atomic mass is 10.2. The fraction of sp³-hybridized carbons (Fsp3) is 0.0588. The lowest BCUT2D eigenvalue weighted by molar-refractivity contribution is -0.113. The summed E-state index contributed by atoms with van der Waals surface area (Å²) < 4.78 is 0. The number of carbonyl (C=O) groups is 1. The van der Waals surface area contributed by atoms with E-state index in [-0.39, 0.29) is 11.7 Å². The number of aromatic amines is 1. The molecule has 0 atom stereocenters. The Morgan fingerprint density at radius 1 is 1.15 bits per heavy atom. The predicted molar refractivity (Wildman–Crippen MR) is 106 cm³/mol. The van der Waals surface area contributed by atoms with E-state index < -0.39 is 0 Å². The minimum Gasteiger partial charge on any atom is -0.333 e. The molecule has 2 heterocycles. The number of para-hydroxylation sites is 2. The molecule has 6 nitrogen and oxygen atoms in total. The molecule has 26 heavy (non-hydrogen) atoms. The van der Waals surface area contributed by atoms with Gasteiger partial charge in [-0.2, -0.15) is 0 Å². The quantitative estimate of drug-likeness (QED) is 0.482. The molecular formula is C17H12ClN5OS2. The Bertz CT molecular complexity index is 1030. The number of rotatable bonds is 5. The van der Waals surface area contributed by atoms with E-state index in [2.05, 4.69) is 25.5 Å². The molecule has 0 aliphatic rings. The van der Waals surface area contributed by atoms with Gasteiger partial charge in [0.15, 0.2) is 5.16 Å². The molecule has 0 unspecified atom stereocenters. The van der Waals surface area contributed by atoms with Gasteiger partial charge >= 0.3 is 0 Å². The standard InChI is InChI=1S/C17H12ClN5OS2/c18-11-7-5-10(6-8-11)15-22-23-17(26-15)21-14(24)9-25-16-19-12-3-1-2-4-13(12)20-16/h1-8H,9H2,(H,19,20)(H,21,23,24). The second-order valence-corrected chi connectivity index (χ2v) is 7.69. The van der Waals surface area contributed by atoms with E-state index >= 15 is 0 Å². The Labute approximate surface area is 162 Å². The van der Waals surface area contributed by atoms with E-state index in [1.165, 1.54) is 23.1 Å². The third kappa shape index (κ3) is 3.87. The van der Waals surface area contributed by atoms with Crippen LogP contribution in [0.3, 0.4) is 0 Å². The number of H-pyrrole nitrogens is 1. The van der Waals surface area contributed by atoms with Crippen molar-refractivity contribution in [3.05, 3.63) is 53.6 Å². The summed E-state index contributed by atoms with van der Waals surface area (Å²) in [6.07, 6.45) is 0. The van der Waals surface area contributed by atoms with Gasteiger partial charge in [-0.1, -0.05) is 59.0 Å². The zero-order valence-electron chi connectivity index (χ0n) is 13.3. The number of anilines is 1. The highest BCUT2D eigenvalue weighted by atomic mass is 35.5. The van der Waals surface area contributed by atoms with Gasteiger partial charge < -0.3 is 4.98 Å². The molecule has 0 aliphatic carbocycles. The number of aromatic nitrogens is 4. The number of hydrogen-bond acceptors (Lipinski definition) is 6. The van der Waals surface area contributed by atoms with Crippen LogP contribution < -0.4 is 5.32 Å². The van der Waals surface area contributed by atoms with Crippen LogP contribution in [0.25, 0.3) is 21.6 Å². The molecule has 2 aromatic carbocycles. The first-order chi connectivity index (χ1) is 12.7. The third-order valence-corrected chi connectivity index (χ3v) is 5.48. The van der Waals surface area contributed by atoms with Crippen LogP contribution in [0.15, 0.2) is 53.7 Å². The van der Waals surface area contributed by atoms with Crippen molar-refractivity contribution in [3.8, 4) is 10.6 Å². The second-order valence-electron chi connectivity index (χ2n) is 5.32. The number of halogens is 1. The van der Waals surface area contributed by atoms with Gasteiger partial charge in [-0.3, -0.25) is 10.1 Å². The predicted octanol–water partition coefficient (Wildman–Crippen LogP) is 4.47. The number of imidazole rings is 1. The number of nitrogens with one attached hydrogen (secondary N) is 2. The van der Waals surface area contributed by atoms with Gasteiger partial charge in [0.05, 0.1) is 16.8 Å². The molecular weight excluding hydrogens is 390 g/mol. The second kappa shape index (κ2) is 7.45. The van der Waals surface area contributed by atoms with Gasteiger partial charge in [-0.15, -0.1) is 10.2 Å². The maximum atomic E-state index is 12.1. The summed E-state index contributed by atoms with van der Waals surface area (Å²) in [6.45, 7) is 0. The molecule has 130 valence electrons. The SMILES string of the molecule is O=C(CSc1nc2ccccc2[nH]1)Nc1nnc(-c2ccc(Cl)cc2)s1.